The Morgan fingerprint density at radius 3 is 2.06 bits per heavy atom. The molecule has 9 heteroatoms. The van der Waals surface area contributed by atoms with E-state index in [1.54, 1.807) is 26.0 Å². The summed E-state index contributed by atoms with van der Waals surface area (Å²) in [5, 5.41) is 0. The van der Waals surface area contributed by atoms with E-state index in [-0.39, 0.29) is 17.4 Å². The molecule has 1 atom stereocenters. The number of hydrogen-bond donors (Lipinski definition) is 3. The van der Waals surface area contributed by atoms with Gasteiger partial charge in [-0.25, -0.2) is 8.42 Å². The van der Waals surface area contributed by atoms with E-state index in [1.165, 1.54) is 12.1 Å². The van der Waals surface area contributed by atoms with Gasteiger partial charge in [0, 0.05) is 0 Å². The highest BCUT2D eigenvalue weighted by atomic mass is 32.2. The van der Waals surface area contributed by atoms with Crippen molar-refractivity contribution in [2.45, 2.75) is 45.6 Å². The summed E-state index contributed by atoms with van der Waals surface area (Å²) in [6.45, 7) is 8.70. The molecule has 0 saturated heterocycles. The van der Waals surface area contributed by atoms with Gasteiger partial charge in [-0.15, -0.1) is 0 Å². The molecule has 2 aromatic carbocycles. The SMILES string of the molecule is Cc1ccc(S(=O)(=O)N[C@H](C(=O)NNC(=O)COc2c(C)cccc2C)C(C)C)cc1. The standard InChI is InChI=1S/C22H29N3O5S/c1-14(2)20(25-31(28,29)18-11-9-15(3)10-12-18)22(27)24-23-19(26)13-30-21-16(4)7-6-8-17(21)5/h6-12,14,20,25H,13H2,1-5H3,(H,23,26)(H,24,27)/t20-/m0/s1. The van der Waals surface area contributed by atoms with Crippen molar-refractivity contribution in [3.63, 3.8) is 0 Å². The number of benzene rings is 2. The second-order valence-electron chi connectivity index (χ2n) is 7.70. The maximum absolute atomic E-state index is 12.6. The number of sulfonamides is 1. The van der Waals surface area contributed by atoms with Crippen LogP contribution in [-0.4, -0.2) is 32.9 Å². The van der Waals surface area contributed by atoms with Gasteiger partial charge in [-0.3, -0.25) is 20.4 Å². The molecule has 0 aromatic heterocycles. The van der Waals surface area contributed by atoms with Crippen LogP contribution in [0.5, 0.6) is 5.75 Å². The number of amides is 2. The lowest BCUT2D eigenvalue weighted by Gasteiger charge is -2.22. The maximum Gasteiger partial charge on any atom is 0.276 e. The van der Waals surface area contributed by atoms with Gasteiger partial charge in [0.2, 0.25) is 10.0 Å². The number of ether oxygens (including phenoxy) is 1. The molecular weight excluding hydrogens is 418 g/mol. The first-order chi connectivity index (χ1) is 14.5. The van der Waals surface area contributed by atoms with Crippen LogP contribution in [0.15, 0.2) is 47.4 Å². The zero-order valence-electron chi connectivity index (χ0n) is 18.4. The Morgan fingerprint density at radius 2 is 1.52 bits per heavy atom. The molecule has 0 aliphatic rings. The summed E-state index contributed by atoms with van der Waals surface area (Å²) in [6, 6.07) is 10.8. The van der Waals surface area contributed by atoms with Crippen LogP contribution in [0.25, 0.3) is 0 Å². The number of aryl methyl sites for hydroxylation is 3. The monoisotopic (exact) mass is 447 g/mol. The molecule has 168 valence electrons. The third-order valence-corrected chi connectivity index (χ3v) is 6.10. The first kappa shape index (κ1) is 24.4. The smallest absolute Gasteiger partial charge is 0.276 e. The molecule has 8 nitrogen and oxygen atoms in total. The Hall–Kier alpha value is -2.91. The predicted molar refractivity (Wildman–Crippen MR) is 118 cm³/mol. The lowest BCUT2D eigenvalue weighted by Crippen LogP contribution is -2.54. The Kier molecular flexibility index (Phi) is 8.18. The largest absolute Gasteiger partial charge is 0.483 e. The Labute approximate surface area is 183 Å². The fourth-order valence-electron chi connectivity index (χ4n) is 2.85. The number of carbonyl (C=O) groups is 2. The molecule has 2 aromatic rings. The molecule has 0 aliphatic heterocycles. The first-order valence-electron chi connectivity index (χ1n) is 9.88. The van der Waals surface area contributed by atoms with Crippen molar-refractivity contribution < 1.29 is 22.7 Å². The maximum atomic E-state index is 12.6. The summed E-state index contributed by atoms with van der Waals surface area (Å²) >= 11 is 0. The topological polar surface area (TPSA) is 114 Å². The van der Waals surface area contributed by atoms with Crippen molar-refractivity contribution in [2.75, 3.05) is 6.61 Å². The van der Waals surface area contributed by atoms with Gasteiger partial charge in [0.05, 0.1) is 4.90 Å². The van der Waals surface area contributed by atoms with Crippen LogP contribution >= 0.6 is 0 Å². The fourth-order valence-corrected chi connectivity index (χ4v) is 4.20. The Morgan fingerprint density at radius 1 is 0.935 bits per heavy atom. The molecule has 0 saturated carbocycles. The molecular formula is C22H29N3O5S. The highest BCUT2D eigenvalue weighted by Gasteiger charge is 2.28. The summed E-state index contributed by atoms with van der Waals surface area (Å²) < 4.78 is 33.2. The van der Waals surface area contributed by atoms with E-state index in [9.17, 15) is 18.0 Å². The third-order valence-electron chi connectivity index (χ3n) is 4.64. The van der Waals surface area contributed by atoms with Gasteiger partial charge in [-0.2, -0.15) is 4.72 Å². The van der Waals surface area contributed by atoms with Gasteiger partial charge in [-0.05, 0) is 49.9 Å². The van der Waals surface area contributed by atoms with Crippen LogP contribution in [0, 0.1) is 26.7 Å². The highest BCUT2D eigenvalue weighted by Crippen LogP contribution is 2.22. The van der Waals surface area contributed by atoms with Crippen molar-refractivity contribution in [1.29, 1.82) is 0 Å². The molecule has 0 fully saturated rings. The molecule has 0 spiro atoms. The molecule has 3 N–H and O–H groups in total. The summed E-state index contributed by atoms with van der Waals surface area (Å²) in [4.78, 5) is 24.7. The Balaban J connectivity index is 1.96. The molecule has 0 radical (unpaired) electrons. The lowest BCUT2D eigenvalue weighted by molar-refractivity contribution is -0.131. The zero-order valence-corrected chi connectivity index (χ0v) is 19.2. The quantitative estimate of drug-likeness (QED) is 0.537. The van der Waals surface area contributed by atoms with Gasteiger partial charge in [0.25, 0.3) is 11.8 Å². The molecule has 0 aliphatic carbocycles. The van der Waals surface area contributed by atoms with Gasteiger partial charge < -0.3 is 4.74 Å². The van der Waals surface area contributed by atoms with Crippen LogP contribution in [0.4, 0.5) is 0 Å². The van der Waals surface area contributed by atoms with Crippen molar-refractivity contribution in [1.82, 2.24) is 15.6 Å². The second kappa shape index (κ2) is 10.4. The van der Waals surface area contributed by atoms with Crippen LogP contribution in [-0.2, 0) is 19.6 Å². The number of para-hydroxylation sites is 1. The number of rotatable bonds is 8. The Bertz CT molecular complexity index is 1010. The average molecular weight is 448 g/mol. The van der Waals surface area contributed by atoms with E-state index in [1.807, 2.05) is 39.0 Å². The van der Waals surface area contributed by atoms with Crippen molar-refractivity contribution in [3.05, 3.63) is 59.2 Å². The minimum atomic E-state index is -3.91. The molecule has 0 unspecified atom stereocenters. The van der Waals surface area contributed by atoms with Crippen molar-refractivity contribution >= 4 is 21.8 Å². The fraction of sp³-hybridized carbons (Fsp3) is 0.364. The number of nitrogens with one attached hydrogen (secondary N) is 3. The van der Waals surface area contributed by atoms with Crippen LogP contribution in [0.1, 0.15) is 30.5 Å². The number of hydrogen-bond acceptors (Lipinski definition) is 5. The van der Waals surface area contributed by atoms with E-state index in [2.05, 4.69) is 15.6 Å². The van der Waals surface area contributed by atoms with Crippen molar-refractivity contribution in [3.8, 4) is 5.75 Å². The molecule has 0 heterocycles. The summed E-state index contributed by atoms with van der Waals surface area (Å²) in [5.74, 6) is -0.996. The van der Waals surface area contributed by atoms with E-state index in [4.69, 9.17) is 4.74 Å². The van der Waals surface area contributed by atoms with Gasteiger partial charge in [0.1, 0.15) is 11.8 Å². The normalized spacial score (nSPS) is 12.3. The first-order valence-corrected chi connectivity index (χ1v) is 11.4. The molecule has 2 amide bonds. The molecule has 2 rings (SSSR count). The number of carbonyl (C=O) groups excluding carboxylic acids is 2. The van der Waals surface area contributed by atoms with Crippen molar-refractivity contribution in [2.24, 2.45) is 5.92 Å². The lowest BCUT2D eigenvalue weighted by atomic mass is 10.1. The van der Waals surface area contributed by atoms with E-state index >= 15 is 0 Å². The summed E-state index contributed by atoms with van der Waals surface area (Å²) in [6.07, 6.45) is 0. The van der Waals surface area contributed by atoms with Crippen LogP contribution in [0.2, 0.25) is 0 Å². The van der Waals surface area contributed by atoms with E-state index < -0.39 is 27.9 Å². The molecule has 31 heavy (non-hydrogen) atoms. The van der Waals surface area contributed by atoms with E-state index in [0.717, 1.165) is 16.7 Å². The summed E-state index contributed by atoms with van der Waals surface area (Å²) in [5.41, 5.74) is 7.23. The summed E-state index contributed by atoms with van der Waals surface area (Å²) in [7, 11) is -3.91. The van der Waals surface area contributed by atoms with Gasteiger partial charge in [-0.1, -0.05) is 49.7 Å². The average Bonchev–Trinajstić information content (AvgIpc) is 2.70. The predicted octanol–water partition coefficient (Wildman–Crippen LogP) is 2.14. The van der Waals surface area contributed by atoms with Crippen LogP contribution < -0.4 is 20.3 Å². The van der Waals surface area contributed by atoms with E-state index in [0.29, 0.717) is 5.75 Å². The highest BCUT2D eigenvalue weighted by molar-refractivity contribution is 7.89. The minimum absolute atomic E-state index is 0.0580. The van der Waals surface area contributed by atoms with Gasteiger partial charge >= 0.3 is 0 Å². The second-order valence-corrected chi connectivity index (χ2v) is 9.42. The van der Waals surface area contributed by atoms with Gasteiger partial charge in [0.15, 0.2) is 6.61 Å². The third kappa shape index (κ3) is 6.80. The molecule has 0 bridgehead atoms. The zero-order chi connectivity index (χ0) is 23.2. The minimum Gasteiger partial charge on any atom is -0.483 e. The number of hydrazine groups is 1. The van der Waals surface area contributed by atoms with Crippen LogP contribution in [0.3, 0.4) is 0 Å².